The van der Waals surface area contributed by atoms with Crippen molar-refractivity contribution in [3.05, 3.63) is 0 Å². The Morgan fingerprint density at radius 2 is 2.06 bits per heavy atom. The lowest BCUT2D eigenvalue weighted by Gasteiger charge is -2.33. The average molecular weight is 249 g/mol. The molecule has 1 saturated heterocycles. The highest BCUT2D eigenvalue weighted by Crippen LogP contribution is 2.29. The molecule has 1 aliphatic heterocycles. The molecule has 1 unspecified atom stereocenters. The number of rotatable bonds is 5. The minimum atomic E-state index is -3.18. The summed E-state index contributed by atoms with van der Waals surface area (Å²) in [5.74, 6) is 0.204. The Balaban J connectivity index is 2.79. The molecule has 4 nitrogen and oxygen atoms in total. The van der Waals surface area contributed by atoms with Crippen molar-refractivity contribution in [2.24, 2.45) is 0 Å². The van der Waals surface area contributed by atoms with Crippen LogP contribution in [0.3, 0.4) is 0 Å². The van der Waals surface area contributed by atoms with Crippen LogP contribution >= 0.6 is 0 Å². The highest BCUT2D eigenvalue weighted by molar-refractivity contribution is 7.89. The van der Waals surface area contributed by atoms with E-state index in [9.17, 15) is 13.5 Å². The number of unbranched alkanes of at least 4 members (excludes halogenated alkanes) is 1. The van der Waals surface area contributed by atoms with Crippen LogP contribution in [0.5, 0.6) is 0 Å². The van der Waals surface area contributed by atoms with Crippen molar-refractivity contribution in [2.75, 3.05) is 12.3 Å². The molecule has 1 fully saturated rings. The molecule has 0 spiro atoms. The summed E-state index contributed by atoms with van der Waals surface area (Å²) in [5.41, 5.74) is -0.949. The molecule has 5 heteroatoms. The van der Waals surface area contributed by atoms with E-state index < -0.39 is 15.6 Å². The van der Waals surface area contributed by atoms with Crippen molar-refractivity contribution in [2.45, 2.75) is 58.1 Å². The zero-order chi connectivity index (χ0) is 12.4. The van der Waals surface area contributed by atoms with Gasteiger partial charge < -0.3 is 5.11 Å². The van der Waals surface area contributed by atoms with Crippen molar-refractivity contribution in [1.29, 1.82) is 0 Å². The second kappa shape index (κ2) is 5.02. The van der Waals surface area contributed by atoms with E-state index in [1.807, 2.05) is 6.92 Å². The SMILES string of the molecule is CCCCS(=O)(=O)N1CCCC1C(C)(C)O. The van der Waals surface area contributed by atoms with Gasteiger partial charge in [0.25, 0.3) is 0 Å². The van der Waals surface area contributed by atoms with Gasteiger partial charge in [0.1, 0.15) is 0 Å². The quantitative estimate of drug-likeness (QED) is 0.800. The first-order valence-electron chi connectivity index (χ1n) is 6.01. The van der Waals surface area contributed by atoms with Gasteiger partial charge >= 0.3 is 0 Å². The first-order chi connectivity index (χ1) is 7.29. The largest absolute Gasteiger partial charge is 0.389 e. The van der Waals surface area contributed by atoms with Gasteiger partial charge in [0.15, 0.2) is 0 Å². The Morgan fingerprint density at radius 1 is 1.44 bits per heavy atom. The Kier molecular flexibility index (Phi) is 4.37. The van der Waals surface area contributed by atoms with Crippen molar-refractivity contribution >= 4 is 10.0 Å². The number of aliphatic hydroxyl groups is 1. The van der Waals surface area contributed by atoms with Crippen LogP contribution in [0.4, 0.5) is 0 Å². The summed E-state index contributed by atoms with van der Waals surface area (Å²) in [7, 11) is -3.18. The van der Waals surface area contributed by atoms with Crippen LogP contribution in [0, 0.1) is 0 Å². The normalized spacial score (nSPS) is 23.9. The van der Waals surface area contributed by atoms with E-state index in [4.69, 9.17) is 0 Å². The maximum absolute atomic E-state index is 12.1. The minimum Gasteiger partial charge on any atom is -0.389 e. The lowest BCUT2D eigenvalue weighted by Crippen LogP contribution is -2.48. The summed E-state index contributed by atoms with van der Waals surface area (Å²) in [6.45, 7) is 5.91. The van der Waals surface area contributed by atoms with Crippen LogP contribution in [-0.4, -0.2) is 41.8 Å². The molecule has 96 valence electrons. The molecular formula is C11H23NO3S. The fraction of sp³-hybridized carbons (Fsp3) is 1.00. The van der Waals surface area contributed by atoms with E-state index in [0.717, 1.165) is 19.3 Å². The van der Waals surface area contributed by atoms with Gasteiger partial charge in [-0.05, 0) is 33.1 Å². The predicted molar refractivity (Wildman–Crippen MR) is 64.7 cm³/mol. The predicted octanol–water partition coefficient (Wildman–Crippen LogP) is 1.35. The molecule has 0 aliphatic carbocycles. The highest BCUT2D eigenvalue weighted by atomic mass is 32.2. The van der Waals surface area contributed by atoms with Gasteiger partial charge in [-0.15, -0.1) is 0 Å². The zero-order valence-electron chi connectivity index (χ0n) is 10.4. The molecule has 1 aliphatic rings. The summed E-state index contributed by atoms with van der Waals surface area (Å²) >= 11 is 0. The number of sulfonamides is 1. The van der Waals surface area contributed by atoms with Crippen LogP contribution in [0.25, 0.3) is 0 Å². The molecule has 0 aromatic rings. The van der Waals surface area contributed by atoms with Crippen molar-refractivity contribution < 1.29 is 13.5 Å². The topological polar surface area (TPSA) is 57.6 Å². The number of hydrogen-bond donors (Lipinski definition) is 1. The third kappa shape index (κ3) is 3.18. The first-order valence-corrected chi connectivity index (χ1v) is 7.62. The summed E-state index contributed by atoms with van der Waals surface area (Å²) in [6, 6.07) is -0.255. The molecule has 0 aromatic carbocycles. The van der Waals surface area contributed by atoms with E-state index >= 15 is 0 Å². The average Bonchev–Trinajstić information content (AvgIpc) is 2.63. The molecule has 0 bridgehead atoms. The smallest absolute Gasteiger partial charge is 0.214 e. The second-order valence-electron chi connectivity index (χ2n) is 5.09. The maximum atomic E-state index is 12.1. The van der Waals surface area contributed by atoms with Crippen LogP contribution in [-0.2, 0) is 10.0 Å². The summed E-state index contributed by atoms with van der Waals surface area (Å²) in [6.07, 6.45) is 3.17. The molecule has 0 radical (unpaired) electrons. The zero-order valence-corrected chi connectivity index (χ0v) is 11.3. The lowest BCUT2D eigenvalue weighted by molar-refractivity contribution is 0.0215. The monoisotopic (exact) mass is 249 g/mol. The van der Waals surface area contributed by atoms with Crippen LogP contribution < -0.4 is 0 Å². The number of hydrogen-bond acceptors (Lipinski definition) is 3. The van der Waals surface area contributed by atoms with Gasteiger partial charge in [-0.1, -0.05) is 13.3 Å². The maximum Gasteiger partial charge on any atom is 0.214 e. The van der Waals surface area contributed by atoms with Crippen molar-refractivity contribution in [3.8, 4) is 0 Å². The fourth-order valence-electron chi connectivity index (χ4n) is 2.22. The highest BCUT2D eigenvalue weighted by Gasteiger charge is 2.41. The van der Waals surface area contributed by atoms with Gasteiger partial charge in [0.2, 0.25) is 10.0 Å². The Morgan fingerprint density at radius 3 is 2.56 bits per heavy atom. The van der Waals surface area contributed by atoms with Gasteiger partial charge in [0.05, 0.1) is 17.4 Å². The summed E-state index contributed by atoms with van der Waals surface area (Å²) in [5, 5.41) is 9.97. The van der Waals surface area contributed by atoms with Crippen LogP contribution in [0.15, 0.2) is 0 Å². The Hall–Kier alpha value is -0.130. The molecule has 0 aromatic heterocycles. The van der Waals surface area contributed by atoms with Crippen LogP contribution in [0.1, 0.15) is 46.5 Å². The molecule has 1 rings (SSSR count). The third-order valence-corrected chi connectivity index (χ3v) is 5.09. The van der Waals surface area contributed by atoms with Crippen molar-refractivity contribution in [1.82, 2.24) is 4.31 Å². The summed E-state index contributed by atoms with van der Waals surface area (Å²) in [4.78, 5) is 0. The Labute approximate surface area is 98.7 Å². The van der Waals surface area contributed by atoms with E-state index in [0.29, 0.717) is 13.0 Å². The molecule has 0 amide bonds. The lowest BCUT2D eigenvalue weighted by atomic mass is 9.98. The minimum absolute atomic E-state index is 0.204. The van der Waals surface area contributed by atoms with Gasteiger partial charge in [-0.2, -0.15) is 4.31 Å². The summed E-state index contributed by atoms with van der Waals surface area (Å²) < 4.78 is 25.6. The molecule has 0 saturated carbocycles. The second-order valence-corrected chi connectivity index (χ2v) is 7.13. The van der Waals surface area contributed by atoms with Gasteiger partial charge in [-0.3, -0.25) is 0 Å². The molecular weight excluding hydrogens is 226 g/mol. The van der Waals surface area contributed by atoms with E-state index in [-0.39, 0.29) is 11.8 Å². The molecule has 16 heavy (non-hydrogen) atoms. The standard InChI is InChI=1S/C11H23NO3S/c1-4-5-9-16(14,15)12-8-6-7-10(12)11(2,3)13/h10,13H,4-9H2,1-3H3. The molecule has 1 heterocycles. The van der Waals surface area contributed by atoms with Gasteiger partial charge in [0, 0.05) is 6.54 Å². The third-order valence-electron chi connectivity index (χ3n) is 3.13. The first kappa shape index (κ1) is 13.9. The van der Waals surface area contributed by atoms with E-state index in [1.54, 1.807) is 13.8 Å². The van der Waals surface area contributed by atoms with Crippen LogP contribution in [0.2, 0.25) is 0 Å². The fourth-order valence-corrected chi connectivity index (χ4v) is 4.27. The van der Waals surface area contributed by atoms with Gasteiger partial charge in [-0.25, -0.2) is 8.42 Å². The van der Waals surface area contributed by atoms with Crippen molar-refractivity contribution in [3.63, 3.8) is 0 Å². The van der Waals surface area contributed by atoms with E-state index in [2.05, 4.69) is 0 Å². The molecule has 1 N–H and O–H groups in total. The molecule has 1 atom stereocenters. The van der Waals surface area contributed by atoms with E-state index in [1.165, 1.54) is 4.31 Å². The number of nitrogens with zero attached hydrogens (tertiary/aromatic N) is 1. The Bertz CT molecular complexity index is 319.